The zero-order valence-electron chi connectivity index (χ0n) is 8.60. The van der Waals surface area contributed by atoms with Gasteiger partial charge in [-0.25, -0.2) is 0 Å². The third-order valence-electron chi connectivity index (χ3n) is 1.95. The van der Waals surface area contributed by atoms with E-state index >= 15 is 0 Å². The molecule has 1 rings (SSSR count). The summed E-state index contributed by atoms with van der Waals surface area (Å²) in [6.07, 6.45) is -3.38. The van der Waals surface area contributed by atoms with E-state index < -0.39 is 18.6 Å². The van der Waals surface area contributed by atoms with Crippen LogP contribution >= 0.6 is 0 Å². The SMILES string of the molecule is Cc1ncccc1NC(C)CC(F)(F)F. The predicted molar refractivity (Wildman–Crippen MR) is 52.7 cm³/mol. The first-order valence-corrected chi connectivity index (χ1v) is 4.63. The summed E-state index contributed by atoms with van der Waals surface area (Å²) in [5.41, 5.74) is 1.35. The van der Waals surface area contributed by atoms with Crippen LogP contribution in [0.2, 0.25) is 0 Å². The number of hydrogen-bond acceptors (Lipinski definition) is 2. The van der Waals surface area contributed by atoms with Crippen LogP contribution in [0.1, 0.15) is 19.0 Å². The fourth-order valence-electron chi connectivity index (χ4n) is 1.30. The highest BCUT2D eigenvalue weighted by Crippen LogP contribution is 2.23. The Morgan fingerprint density at radius 3 is 2.67 bits per heavy atom. The van der Waals surface area contributed by atoms with Crippen LogP contribution in [0.4, 0.5) is 18.9 Å². The highest BCUT2D eigenvalue weighted by Gasteiger charge is 2.29. The smallest absolute Gasteiger partial charge is 0.381 e. The van der Waals surface area contributed by atoms with Gasteiger partial charge in [-0.3, -0.25) is 4.98 Å². The van der Waals surface area contributed by atoms with E-state index in [1.165, 1.54) is 6.92 Å². The molecule has 15 heavy (non-hydrogen) atoms. The molecule has 0 fully saturated rings. The molecule has 84 valence electrons. The average molecular weight is 218 g/mol. The Bertz CT molecular complexity index is 323. The summed E-state index contributed by atoms with van der Waals surface area (Å²) >= 11 is 0. The summed E-state index contributed by atoms with van der Waals surface area (Å²) < 4.78 is 36.2. The molecule has 5 heteroatoms. The predicted octanol–water partition coefficient (Wildman–Crippen LogP) is 3.14. The van der Waals surface area contributed by atoms with E-state index in [0.717, 1.165) is 0 Å². The molecule has 1 unspecified atom stereocenters. The van der Waals surface area contributed by atoms with E-state index in [1.54, 1.807) is 25.3 Å². The topological polar surface area (TPSA) is 24.9 Å². The number of halogens is 3. The van der Waals surface area contributed by atoms with Crippen molar-refractivity contribution >= 4 is 5.69 Å². The van der Waals surface area contributed by atoms with Gasteiger partial charge in [0.05, 0.1) is 17.8 Å². The molecule has 1 N–H and O–H groups in total. The van der Waals surface area contributed by atoms with E-state index in [2.05, 4.69) is 10.3 Å². The van der Waals surface area contributed by atoms with E-state index in [1.807, 2.05) is 0 Å². The molecule has 0 saturated carbocycles. The Balaban J connectivity index is 2.59. The molecule has 1 atom stereocenters. The van der Waals surface area contributed by atoms with Crippen LogP contribution in [0, 0.1) is 6.92 Å². The fraction of sp³-hybridized carbons (Fsp3) is 0.500. The highest BCUT2D eigenvalue weighted by atomic mass is 19.4. The molecular weight excluding hydrogens is 205 g/mol. The zero-order valence-corrected chi connectivity index (χ0v) is 8.60. The van der Waals surface area contributed by atoms with Gasteiger partial charge in [0.1, 0.15) is 0 Å². The minimum absolute atomic E-state index is 0.645. The van der Waals surface area contributed by atoms with Crippen LogP contribution in [-0.4, -0.2) is 17.2 Å². The molecule has 1 heterocycles. The van der Waals surface area contributed by atoms with E-state index in [0.29, 0.717) is 11.4 Å². The second-order valence-electron chi connectivity index (χ2n) is 3.50. The normalized spacial score (nSPS) is 13.7. The zero-order chi connectivity index (χ0) is 11.5. The Labute approximate surface area is 86.5 Å². The summed E-state index contributed by atoms with van der Waals surface area (Å²) in [5.74, 6) is 0. The molecular formula is C10H13F3N2. The second kappa shape index (κ2) is 4.51. The minimum atomic E-state index is -4.14. The number of nitrogens with one attached hydrogen (secondary N) is 1. The van der Waals surface area contributed by atoms with Gasteiger partial charge in [-0.1, -0.05) is 0 Å². The summed E-state index contributed by atoms with van der Waals surface area (Å²) in [6.45, 7) is 3.25. The molecule has 1 aromatic heterocycles. The van der Waals surface area contributed by atoms with Gasteiger partial charge in [-0.2, -0.15) is 13.2 Å². The summed E-state index contributed by atoms with van der Waals surface area (Å²) in [4.78, 5) is 3.98. The highest BCUT2D eigenvalue weighted by molar-refractivity contribution is 5.47. The third-order valence-corrected chi connectivity index (χ3v) is 1.95. The lowest BCUT2D eigenvalue weighted by atomic mass is 10.2. The number of pyridine rings is 1. The first-order chi connectivity index (χ1) is 6.88. The average Bonchev–Trinajstić information content (AvgIpc) is 2.05. The number of hydrogen-bond donors (Lipinski definition) is 1. The molecule has 0 spiro atoms. The second-order valence-corrected chi connectivity index (χ2v) is 3.50. The fourth-order valence-corrected chi connectivity index (χ4v) is 1.30. The molecule has 0 amide bonds. The Morgan fingerprint density at radius 1 is 1.47 bits per heavy atom. The van der Waals surface area contributed by atoms with Crippen molar-refractivity contribution in [2.45, 2.75) is 32.5 Å². The molecule has 2 nitrogen and oxygen atoms in total. The third kappa shape index (κ3) is 4.18. The molecule has 0 aliphatic heterocycles. The van der Waals surface area contributed by atoms with Gasteiger partial charge in [0, 0.05) is 12.2 Å². The molecule has 0 bridgehead atoms. The lowest BCUT2D eigenvalue weighted by molar-refractivity contribution is -0.136. The summed E-state index contributed by atoms with van der Waals surface area (Å²) in [6, 6.07) is 2.76. The minimum Gasteiger partial charge on any atom is -0.381 e. The van der Waals surface area contributed by atoms with Crippen molar-refractivity contribution in [3.63, 3.8) is 0 Å². The van der Waals surface area contributed by atoms with Gasteiger partial charge in [0.2, 0.25) is 0 Å². The van der Waals surface area contributed by atoms with Gasteiger partial charge < -0.3 is 5.32 Å². The number of aromatic nitrogens is 1. The van der Waals surface area contributed by atoms with E-state index in [9.17, 15) is 13.2 Å². The maximum atomic E-state index is 12.1. The number of nitrogens with zero attached hydrogens (tertiary/aromatic N) is 1. The molecule has 0 aliphatic rings. The number of anilines is 1. The lowest BCUT2D eigenvalue weighted by Gasteiger charge is -2.17. The van der Waals surface area contributed by atoms with Crippen molar-refractivity contribution in [2.24, 2.45) is 0 Å². The van der Waals surface area contributed by atoms with Crippen molar-refractivity contribution in [1.82, 2.24) is 4.98 Å². The van der Waals surface area contributed by atoms with Gasteiger partial charge in [-0.15, -0.1) is 0 Å². The largest absolute Gasteiger partial charge is 0.391 e. The maximum absolute atomic E-state index is 12.1. The van der Waals surface area contributed by atoms with Gasteiger partial charge in [0.15, 0.2) is 0 Å². The van der Waals surface area contributed by atoms with Crippen molar-refractivity contribution in [3.05, 3.63) is 24.0 Å². The van der Waals surface area contributed by atoms with Crippen molar-refractivity contribution in [1.29, 1.82) is 0 Å². The van der Waals surface area contributed by atoms with Crippen molar-refractivity contribution in [2.75, 3.05) is 5.32 Å². The monoisotopic (exact) mass is 218 g/mol. The van der Waals surface area contributed by atoms with Crippen molar-refractivity contribution in [3.8, 4) is 0 Å². The first kappa shape index (κ1) is 11.8. The van der Waals surface area contributed by atoms with Crippen LogP contribution in [-0.2, 0) is 0 Å². The van der Waals surface area contributed by atoms with E-state index in [4.69, 9.17) is 0 Å². The van der Waals surface area contributed by atoms with Crippen LogP contribution in [0.15, 0.2) is 18.3 Å². The molecule has 1 aromatic rings. The summed E-state index contributed by atoms with van der Waals surface area (Å²) in [7, 11) is 0. The molecule has 0 saturated heterocycles. The number of alkyl halides is 3. The lowest BCUT2D eigenvalue weighted by Crippen LogP contribution is -2.24. The van der Waals surface area contributed by atoms with Crippen LogP contribution in [0.5, 0.6) is 0 Å². The van der Waals surface area contributed by atoms with Gasteiger partial charge in [-0.05, 0) is 26.0 Å². The number of aryl methyl sites for hydroxylation is 1. The summed E-state index contributed by atoms with van der Waals surface area (Å²) in [5, 5.41) is 2.78. The Morgan fingerprint density at radius 2 is 2.13 bits per heavy atom. The van der Waals surface area contributed by atoms with Crippen LogP contribution in [0.25, 0.3) is 0 Å². The maximum Gasteiger partial charge on any atom is 0.391 e. The van der Waals surface area contributed by atoms with Gasteiger partial charge >= 0.3 is 6.18 Å². The Hall–Kier alpha value is -1.26. The number of rotatable bonds is 3. The standard InChI is InChI=1S/C10H13F3N2/c1-7(6-10(11,12)13)15-9-4-3-5-14-8(9)2/h3-5,7,15H,6H2,1-2H3. The first-order valence-electron chi connectivity index (χ1n) is 4.63. The van der Waals surface area contributed by atoms with Gasteiger partial charge in [0.25, 0.3) is 0 Å². The molecule has 0 aromatic carbocycles. The Kier molecular flexibility index (Phi) is 3.55. The quantitative estimate of drug-likeness (QED) is 0.843. The molecule has 0 radical (unpaired) electrons. The van der Waals surface area contributed by atoms with E-state index in [-0.39, 0.29) is 0 Å². The van der Waals surface area contributed by atoms with Crippen LogP contribution in [0.3, 0.4) is 0 Å². The molecule has 0 aliphatic carbocycles. The van der Waals surface area contributed by atoms with Crippen LogP contribution < -0.4 is 5.32 Å². The van der Waals surface area contributed by atoms with Crippen molar-refractivity contribution < 1.29 is 13.2 Å².